The van der Waals surface area contributed by atoms with Crippen molar-refractivity contribution in [1.29, 1.82) is 0 Å². The average molecular weight is 235 g/mol. The summed E-state index contributed by atoms with van der Waals surface area (Å²) in [5.41, 5.74) is 1.38. The summed E-state index contributed by atoms with van der Waals surface area (Å²) >= 11 is 2.00. The van der Waals surface area contributed by atoms with E-state index in [2.05, 4.69) is 36.5 Å². The van der Waals surface area contributed by atoms with Crippen LogP contribution in [0, 0.1) is 5.92 Å². The van der Waals surface area contributed by atoms with Crippen LogP contribution in [0.15, 0.2) is 29.2 Å². The Morgan fingerprint density at radius 2 is 2.00 bits per heavy atom. The minimum absolute atomic E-state index is 0.990. The monoisotopic (exact) mass is 235 g/mol. The molecule has 0 amide bonds. The summed E-state index contributed by atoms with van der Waals surface area (Å²) in [6.07, 6.45) is 4.36. The number of rotatable bonds is 7. The Hall–Kier alpha value is -0.470. The normalized spacial score (nSPS) is 15.3. The Labute approximate surface area is 103 Å². The molecule has 1 aromatic rings. The standard InChI is InChI=1S/C14H21NS/c1-2-15-11-13-5-7-14(8-6-13)16-10-9-12-3-4-12/h5-8,12,15H,2-4,9-11H2,1H3. The second-order valence-electron chi connectivity index (χ2n) is 4.50. The number of thioether (sulfide) groups is 1. The highest BCUT2D eigenvalue weighted by atomic mass is 32.2. The van der Waals surface area contributed by atoms with Gasteiger partial charge in [0.1, 0.15) is 0 Å². The van der Waals surface area contributed by atoms with Crippen LogP contribution < -0.4 is 5.32 Å². The molecular weight excluding hydrogens is 214 g/mol. The van der Waals surface area contributed by atoms with Crippen molar-refractivity contribution in [1.82, 2.24) is 5.32 Å². The lowest BCUT2D eigenvalue weighted by Gasteiger charge is -2.04. The Morgan fingerprint density at radius 1 is 1.25 bits per heavy atom. The number of hydrogen-bond acceptors (Lipinski definition) is 2. The zero-order valence-electron chi connectivity index (χ0n) is 10.0. The van der Waals surface area contributed by atoms with E-state index in [9.17, 15) is 0 Å². The van der Waals surface area contributed by atoms with E-state index in [1.807, 2.05) is 11.8 Å². The second kappa shape index (κ2) is 6.31. The van der Waals surface area contributed by atoms with E-state index in [4.69, 9.17) is 0 Å². The summed E-state index contributed by atoms with van der Waals surface area (Å²) in [5.74, 6) is 2.34. The van der Waals surface area contributed by atoms with Gasteiger partial charge in [-0.2, -0.15) is 0 Å². The molecule has 1 aromatic carbocycles. The van der Waals surface area contributed by atoms with Gasteiger partial charge >= 0.3 is 0 Å². The van der Waals surface area contributed by atoms with Gasteiger partial charge in [-0.05, 0) is 42.3 Å². The van der Waals surface area contributed by atoms with Gasteiger partial charge in [0.15, 0.2) is 0 Å². The highest BCUT2D eigenvalue weighted by molar-refractivity contribution is 7.99. The first-order chi connectivity index (χ1) is 7.88. The maximum absolute atomic E-state index is 3.34. The highest BCUT2D eigenvalue weighted by Gasteiger charge is 2.20. The van der Waals surface area contributed by atoms with E-state index >= 15 is 0 Å². The Bertz CT molecular complexity index is 303. The van der Waals surface area contributed by atoms with Gasteiger partial charge in [-0.15, -0.1) is 11.8 Å². The van der Waals surface area contributed by atoms with Crippen molar-refractivity contribution >= 4 is 11.8 Å². The molecule has 1 aliphatic carbocycles. The van der Waals surface area contributed by atoms with Gasteiger partial charge in [0.2, 0.25) is 0 Å². The van der Waals surface area contributed by atoms with Crippen LogP contribution in [0.25, 0.3) is 0 Å². The molecule has 0 aliphatic heterocycles. The van der Waals surface area contributed by atoms with Gasteiger partial charge in [-0.1, -0.05) is 31.9 Å². The summed E-state index contributed by atoms with van der Waals surface area (Å²) in [7, 11) is 0. The first-order valence-corrected chi connectivity index (χ1v) is 7.29. The lowest BCUT2D eigenvalue weighted by atomic mass is 10.2. The van der Waals surface area contributed by atoms with Crippen molar-refractivity contribution in [2.24, 2.45) is 5.92 Å². The van der Waals surface area contributed by atoms with E-state index in [0.717, 1.165) is 19.0 Å². The molecule has 0 atom stereocenters. The Kier molecular flexibility index (Phi) is 4.73. The summed E-state index contributed by atoms with van der Waals surface area (Å²) in [6.45, 7) is 4.17. The number of hydrogen-bond donors (Lipinski definition) is 1. The smallest absolute Gasteiger partial charge is 0.0205 e. The van der Waals surface area contributed by atoms with Crippen LogP contribution in [-0.4, -0.2) is 12.3 Å². The topological polar surface area (TPSA) is 12.0 Å². The van der Waals surface area contributed by atoms with Crippen LogP contribution in [0.3, 0.4) is 0 Å². The van der Waals surface area contributed by atoms with Crippen LogP contribution in [0.1, 0.15) is 31.7 Å². The fourth-order valence-corrected chi connectivity index (χ4v) is 2.74. The molecule has 0 spiro atoms. The van der Waals surface area contributed by atoms with Crippen molar-refractivity contribution in [3.8, 4) is 0 Å². The van der Waals surface area contributed by atoms with E-state index in [1.165, 1.54) is 35.5 Å². The van der Waals surface area contributed by atoms with E-state index < -0.39 is 0 Å². The molecule has 1 nitrogen and oxygen atoms in total. The van der Waals surface area contributed by atoms with E-state index in [0.29, 0.717) is 0 Å². The van der Waals surface area contributed by atoms with Crippen LogP contribution >= 0.6 is 11.8 Å². The summed E-state index contributed by atoms with van der Waals surface area (Å²) < 4.78 is 0. The Morgan fingerprint density at radius 3 is 2.62 bits per heavy atom. The van der Waals surface area contributed by atoms with Crippen molar-refractivity contribution in [3.05, 3.63) is 29.8 Å². The largest absolute Gasteiger partial charge is 0.313 e. The molecule has 0 heterocycles. The molecule has 1 N–H and O–H groups in total. The van der Waals surface area contributed by atoms with E-state index in [-0.39, 0.29) is 0 Å². The second-order valence-corrected chi connectivity index (χ2v) is 5.67. The van der Waals surface area contributed by atoms with Crippen LogP contribution in [0.4, 0.5) is 0 Å². The Balaban J connectivity index is 1.72. The fraction of sp³-hybridized carbons (Fsp3) is 0.571. The van der Waals surface area contributed by atoms with Crippen molar-refractivity contribution < 1.29 is 0 Å². The fourth-order valence-electron chi connectivity index (χ4n) is 1.72. The molecule has 1 saturated carbocycles. The lowest BCUT2D eigenvalue weighted by molar-refractivity contribution is 0.726. The quantitative estimate of drug-likeness (QED) is 0.723. The molecule has 0 radical (unpaired) electrons. The SMILES string of the molecule is CCNCc1ccc(SCCC2CC2)cc1. The molecular formula is C14H21NS. The molecule has 0 aromatic heterocycles. The first-order valence-electron chi connectivity index (χ1n) is 6.31. The van der Waals surface area contributed by atoms with Crippen molar-refractivity contribution in [2.75, 3.05) is 12.3 Å². The third-order valence-corrected chi connectivity index (χ3v) is 4.04. The van der Waals surface area contributed by atoms with Crippen LogP contribution in [-0.2, 0) is 6.54 Å². The minimum Gasteiger partial charge on any atom is -0.313 e. The minimum atomic E-state index is 0.990. The summed E-state index contributed by atoms with van der Waals surface area (Å²) in [6, 6.07) is 8.98. The maximum Gasteiger partial charge on any atom is 0.0205 e. The van der Waals surface area contributed by atoms with Gasteiger partial charge in [0.25, 0.3) is 0 Å². The molecule has 0 unspecified atom stereocenters. The third kappa shape index (κ3) is 4.18. The van der Waals surface area contributed by atoms with Gasteiger partial charge in [0, 0.05) is 11.4 Å². The molecule has 88 valence electrons. The predicted octanol–water partition coefficient (Wildman–Crippen LogP) is 3.69. The predicted molar refractivity (Wildman–Crippen MR) is 71.9 cm³/mol. The lowest BCUT2D eigenvalue weighted by Crippen LogP contribution is -2.11. The number of nitrogens with one attached hydrogen (secondary N) is 1. The zero-order valence-corrected chi connectivity index (χ0v) is 10.9. The average Bonchev–Trinajstić information content (AvgIpc) is 3.12. The van der Waals surface area contributed by atoms with Crippen LogP contribution in [0.5, 0.6) is 0 Å². The highest BCUT2D eigenvalue weighted by Crippen LogP contribution is 2.34. The van der Waals surface area contributed by atoms with Crippen molar-refractivity contribution in [3.63, 3.8) is 0 Å². The molecule has 1 aliphatic rings. The molecule has 2 rings (SSSR count). The summed E-state index contributed by atoms with van der Waals surface area (Å²) in [4.78, 5) is 1.42. The number of benzene rings is 1. The molecule has 2 heteroatoms. The van der Waals surface area contributed by atoms with Gasteiger partial charge < -0.3 is 5.32 Å². The van der Waals surface area contributed by atoms with Crippen LogP contribution in [0.2, 0.25) is 0 Å². The maximum atomic E-state index is 3.34. The zero-order chi connectivity index (χ0) is 11.2. The first kappa shape index (κ1) is 12.0. The van der Waals surface area contributed by atoms with Gasteiger partial charge in [-0.25, -0.2) is 0 Å². The molecule has 0 saturated heterocycles. The molecule has 16 heavy (non-hydrogen) atoms. The van der Waals surface area contributed by atoms with Gasteiger partial charge in [-0.3, -0.25) is 0 Å². The third-order valence-electron chi connectivity index (χ3n) is 2.99. The van der Waals surface area contributed by atoms with Gasteiger partial charge in [0.05, 0.1) is 0 Å². The summed E-state index contributed by atoms with van der Waals surface area (Å²) in [5, 5.41) is 3.34. The van der Waals surface area contributed by atoms with Crippen molar-refractivity contribution in [2.45, 2.75) is 37.6 Å². The molecule has 1 fully saturated rings. The van der Waals surface area contributed by atoms with E-state index in [1.54, 1.807) is 0 Å². The molecule has 0 bridgehead atoms.